The quantitative estimate of drug-likeness (QED) is 0.209. The molecule has 0 bridgehead atoms. The third-order valence-corrected chi connectivity index (χ3v) is 5.41. The molecule has 192 valence electrons. The Bertz CT molecular complexity index is 649. The van der Waals surface area contributed by atoms with Gasteiger partial charge in [-0.2, -0.15) is 0 Å². The Morgan fingerprint density at radius 3 is 1.82 bits per heavy atom. The van der Waals surface area contributed by atoms with Gasteiger partial charge in [0.15, 0.2) is 12.4 Å². The monoisotopic (exact) mass is 482 g/mol. The van der Waals surface area contributed by atoms with Gasteiger partial charge in [0.1, 0.15) is 31.0 Å². The number of carbonyl (C=O) groups excluding carboxylic acids is 3. The van der Waals surface area contributed by atoms with Crippen molar-refractivity contribution < 1.29 is 63.6 Å². The predicted octanol–water partition coefficient (Wildman–Crippen LogP) is -2.18. The van der Waals surface area contributed by atoms with E-state index in [9.17, 15) is 14.4 Å². The van der Waals surface area contributed by atoms with Gasteiger partial charge in [0.05, 0.1) is 12.7 Å². The molecule has 0 aliphatic carbocycles. The molecule has 2 aliphatic heterocycles. The third kappa shape index (κ3) is 8.45. The van der Waals surface area contributed by atoms with Crippen LogP contribution in [0.3, 0.4) is 0 Å². The van der Waals surface area contributed by atoms with E-state index in [1.807, 2.05) is 13.8 Å². The summed E-state index contributed by atoms with van der Waals surface area (Å²) in [5.41, 5.74) is 0. The van der Waals surface area contributed by atoms with Crippen LogP contribution in [0.4, 0.5) is 0 Å². The minimum Gasteiger partial charge on any atom is -0.463 e. The summed E-state index contributed by atoms with van der Waals surface area (Å²) in [5.74, 6) is -1.58. The molecule has 0 aromatic carbocycles. The Kier molecular flexibility index (Phi) is 11.6. The van der Waals surface area contributed by atoms with Gasteiger partial charge >= 0.3 is 17.9 Å². The van der Waals surface area contributed by atoms with E-state index in [0.29, 0.717) is 0 Å². The van der Waals surface area contributed by atoms with E-state index in [-0.39, 0.29) is 18.4 Å². The van der Waals surface area contributed by atoms with Gasteiger partial charge in [-0.1, -0.05) is 13.8 Å². The van der Waals surface area contributed by atoms with E-state index in [2.05, 4.69) is 4.74 Å². The van der Waals surface area contributed by atoms with Gasteiger partial charge in [-0.25, -0.2) is 0 Å². The van der Waals surface area contributed by atoms with Crippen molar-refractivity contribution in [2.75, 3.05) is 13.2 Å². The largest absolute Gasteiger partial charge is 0.463 e. The summed E-state index contributed by atoms with van der Waals surface area (Å²) in [4.78, 5) is 33.3. The minimum atomic E-state index is -1.57. The van der Waals surface area contributed by atoms with Crippen molar-refractivity contribution in [3.63, 3.8) is 0 Å². The molecule has 0 aromatic heterocycles. The van der Waals surface area contributed by atoms with Crippen LogP contribution in [0.15, 0.2) is 0 Å². The van der Waals surface area contributed by atoms with Crippen molar-refractivity contribution in [2.45, 2.75) is 83.8 Å². The average molecular weight is 482 g/mol. The van der Waals surface area contributed by atoms with Crippen LogP contribution in [0.5, 0.6) is 0 Å². The van der Waals surface area contributed by atoms with Gasteiger partial charge in [-0.15, -0.1) is 0 Å². The molecule has 2 rings (SSSR count). The lowest BCUT2D eigenvalue weighted by atomic mass is 9.83. The fourth-order valence-corrected chi connectivity index (χ4v) is 3.34. The maximum atomic E-state index is 11.2. The van der Waals surface area contributed by atoms with Crippen LogP contribution in [0, 0.1) is 11.8 Å². The normalized spacial score (nSPS) is 38.4. The zero-order valence-electron chi connectivity index (χ0n) is 19.2. The van der Waals surface area contributed by atoms with Crippen LogP contribution in [0.1, 0.15) is 34.6 Å². The number of hydrogen-bond donors (Lipinski definition) is 5. The topological polar surface area (TPSA) is 199 Å². The Morgan fingerprint density at radius 2 is 1.33 bits per heavy atom. The molecule has 13 nitrogen and oxygen atoms in total. The molecule has 0 saturated carbocycles. The minimum absolute atomic E-state index is 0.0412. The second-order valence-corrected chi connectivity index (χ2v) is 7.97. The van der Waals surface area contributed by atoms with Crippen LogP contribution in [0.25, 0.3) is 0 Å². The van der Waals surface area contributed by atoms with E-state index in [4.69, 9.17) is 44.5 Å². The van der Waals surface area contributed by atoms with E-state index >= 15 is 0 Å². The van der Waals surface area contributed by atoms with Gasteiger partial charge in [0, 0.05) is 26.7 Å². The van der Waals surface area contributed by atoms with Gasteiger partial charge < -0.3 is 49.2 Å². The first kappa shape index (κ1) is 29.2. The summed E-state index contributed by atoms with van der Waals surface area (Å²) >= 11 is 0. The van der Waals surface area contributed by atoms with Crippen molar-refractivity contribution in [3.8, 4) is 0 Å². The van der Waals surface area contributed by atoms with E-state index in [1.165, 1.54) is 20.8 Å². The fourth-order valence-electron chi connectivity index (χ4n) is 3.34. The Labute approximate surface area is 191 Å². The molecule has 0 radical (unpaired) electrons. The van der Waals surface area contributed by atoms with Crippen molar-refractivity contribution >= 4 is 17.9 Å². The Balaban J connectivity index is 0.000000383. The Hall–Kier alpha value is -1.87. The third-order valence-electron chi connectivity index (χ3n) is 5.41. The highest BCUT2D eigenvalue weighted by Gasteiger charge is 2.45. The van der Waals surface area contributed by atoms with Crippen molar-refractivity contribution in [2.24, 2.45) is 11.8 Å². The molecule has 5 unspecified atom stereocenters. The molecule has 2 saturated heterocycles. The van der Waals surface area contributed by atoms with Gasteiger partial charge in [0.25, 0.3) is 0 Å². The number of rotatable bonds is 5. The molecule has 2 heterocycles. The molecule has 2 aliphatic rings. The molecule has 33 heavy (non-hydrogen) atoms. The number of hydrogen-bond acceptors (Lipinski definition) is 13. The van der Waals surface area contributed by atoms with E-state index in [1.54, 1.807) is 0 Å². The lowest BCUT2D eigenvalue weighted by molar-refractivity contribution is -0.286. The summed E-state index contributed by atoms with van der Waals surface area (Å²) in [5, 5.41) is 44.7. The van der Waals surface area contributed by atoms with Crippen LogP contribution in [-0.4, -0.2) is 106 Å². The lowest BCUT2D eigenvalue weighted by Gasteiger charge is -2.42. The summed E-state index contributed by atoms with van der Waals surface area (Å²) < 4.78 is 25.5. The van der Waals surface area contributed by atoms with Crippen LogP contribution in [-0.2, 0) is 38.1 Å². The molecule has 13 heteroatoms. The molecule has 5 N–H and O–H groups in total. The zero-order valence-corrected chi connectivity index (χ0v) is 19.2. The number of aliphatic hydroxyl groups is 5. The van der Waals surface area contributed by atoms with Gasteiger partial charge in [-0.05, 0) is 5.92 Å². The molecule has 2 fully saturated rings. The van der Waals surface area contributed by atoms with Crippen molar-refractivity contribution in [3.05, 3.63) is 0 Å². The fraction of sp³-hybridized carbons (Fsp3) is 0.850. The van der Waals surface area contributed by atoms with Crippen LogP contribution in [0.2, 0.25) is 0 Å². The molecule has 0 spiro atoms. The second kappa shape index (κ2) is 13.1. The highest BCUT2D eigenvalue weighted by atomic mass is 16.7. The van der Waals surface area contributed by atoms with Gasteiger partial charge in [-0.3, -0.25) is 14.4 Å². The summed E-state index contributed by atoms with van der Waals surface area (Å²) in [6.45, 7) is 7.15. The molecular weight excluding hydrogens is 448 g/mol. The molecular formula is C20H34O13. The second-order valence-electron chi connectivity index (χ2n) is 7.97. The maximum absolute atomic E-state index is 11.2. The van der Waals surface area contributed by atoms with Crippen molar-refractivity contribution in [1.82, 2.24) is 0 Å². The SMILES string of the molecule is CC(=O)OCC1OC(OC(C)=O)C(OC(C)=O)[C@@H](C)[C@@H]1C.OCC1O[C@H](O)C(O)[C@@H](O)[C@@H]1O. The van der Waals surface area contributed by atoms with Gasteiger partial charge in [0.2, 0.25) is 6.29 Å². The first-order valence-electron chi connectivity index (χ1n) is 10.4. The molecule has 0 amide bonds. The van der Waals surface area contributed by atoms with Crippen molar-refractivity contribution in [1.29, 1.82) is 0 Å². The number of ether oxygens (including phenoxy) is 5. The maximum Gasteiger partial charge on any atom is 0.305 e. The molecule has 10 atom stereocenters. The zero-order chi connectivity index (χ0) is 25.5. The smallest absolute Gasteiger partial charge is 0.305 e. The number of esters is 3. The van der Waals surface area contributed by atoms with E-state index < -0.39 is 73.7 Å². The highest BCUT2D eigenvalue weighted by molar-refractivity contribution is 5.67. The lowest BCUT2D eigenvalue weighted by Crippen LogP contribution is -2.58. The van der Waals surface area contributed by atoms with E-state index in [0.717, 1.165) is 0 Å². The van der Waals surface area contributed by atoms with Crippen LogP contribution < -0.4 is 0 Å². The first-order chi connectivity index (χ1) is 15.3. The highest BCUT2D eigenvalue weighted by Crippen LogP contribution is 2.33. The first-order valence-corrected chi connectivity index (χ1v) is 10.4. The average Bonchev–Trinajstić information content (AvgIpc) is 2.73. The summed E-state index contributed by atoms with van der Waals surface area (Å²) in [6.07, 6.45) is -9.16. The number of carbonyl (C=O) groups is 3. The Morgan fingerprint density at radius 1 is 0.758 bits per heavy atom. The standard InChI is InChI=1S/C14H22O7.C6H12O6/c1-7-8(2)13(19-10(4)16)14(20-11(5)17)21-12(7)6-18-9(3)15;7-1-2-3(8)4(9)5(10)6(11)12-2/h7-8,12-14H,6H2,1-5H3;2-11H,1H2/t7-,8-,12?,13?,14?;2?,3-,4+,5?,6+/m01/s1. The van der Waals surface area contributed by atoms with Crippen LogP contribution >= 0.6 is 0 Å². The summed E-state index contributed by atoms with van der Waals surface area (Å²) in [7, 11) is 0. The summed E-state index contributed by atoms with van der Waals surface area (Å²) in [6, 6.07) is 0. The number of aliphatic hydroxyl groups excluding tert-OH is 5. The predicted molar refractivity (Wildman–Crippen MR) is 107 cm³/mol. The molecule has 0 aromatic rings.